The number of halogens is 1. The van der Waals surface area contributed by atoms with Gasteiger partial charge in [0, 0.05) is 12.1 Å². The number of hydrazone groups is 1. The summed E-state index contributed by atoms with van der Waals surface area (Å²) < 4.78 is 0. The van der Waals surface area contributed by atoms with E-state index in [1.165, 1.54) is 0 Å². The summed E-state index contributed by atoms with van der Waals surface area (Å²) in [6.45, 7) is 1.91. The van der Waals surface area contributed by atoms with Crippen LogP contribution in [-0.4, -0.2) is 18.0 Å². The summed E-state index contributed by atoms with van der Waals surface area (Å²) in [5.41, 5.74) is 1.74. The lowest BCUT2D eigenvalue weighted by Crippen LogP contribution is -2.27. The molecule has 2 rings (SSSR count). The van der Waals surface area contributed by atoms with Gasteiger partial charge in [0.2, 0.25) is 0 Å². The Balaban J connectivity index is 2.38. The van der Waals surface area contributed by atoms with Gasteiger partial charge in [-0.05, 0) is 19.1 Å². The average Bonchev–Trinajstić information content (AvgIpc) is 2.60. The molecule has 1 atom stereocenters. The number of carbonyl (C=O) groups excluding carboxylic acids is 1. The van der Waals surface area contributed by atoms with Gasteiger partial charge in [-0.2, -0.15) is 5.10 Å². The predicted molar refractivity (Wildman–Crippen MR) is 61.5 cm³/mol. The Bertz CT molecular complexity index is 417. The highest BCUT2D eigenvalue weighted by Crippen LogP contribution is 2.30. The third-order valence-electron chi connectivity index (χ3n) is 2.35. The first-order chi connectivity index (χ1) is 7.22. The van der Waals surface area contributed by atoms with Crippen molar-refractivity contribution in [2.75, 3.05) is 5.01 Å². The molecule has 0 fully saturated rings. The molecule has 4 heteroatoms. The molecule has 1 unspecified atom stereocenters. The van der Waals surface area contributed by atoms with Gasteiger partial charge in [0.15, 0.2) is 0 Å². The number of hydrogen-bond donors (Lipinski definition) is 0. The van der Waals surface area contributed by atoms with E-state index >= 15 is 0 Å². The van der Waals surface area contributed by atoms with Crippen LogP contribution in [0.5, 0.6) is 0 Å². The molecule has 1 aromatic rings. The number of rotatable bonds is 2. The van der Waals surface area contributed by atoms with Crippen LogP contribution in [0.2, 0.25) is 5.02 Å². The van der Waals surface area contributed by atoms with Crippen molar-refractivity contribution >= 4 is 29.3 Å². The molecule has 0 N–H and O–H groups in total. The maximum Gasteiger partial charge on any atom is 0.144 e. The monoisotopic (exact) mass is 222 g/mol. The molecule has 0 aliphatic carbocycles. The number of carbonyl (C=O) groups is 1. The lowest BCUT2D eigenvalue weighted by molar-refractivity contribution is -0.108. The quantitative estimate of drug-likeness (QED) is 0.721. The average molecular weight is 223 g/mol. The molecule has 0 aromatic heterocycles. The molecule has 78 valence electrons. The lowest BCUT2D eigenvalue weighted by atomic mass is 10.2. The van der Waals surface area contributed by atoms with E-state index in [0.29, 0.717) is 11.4 Å². The number of aldehydes is 1. The molecule has 15 heavy (non-hydrogen) atoms. The normalized spacial score (nSPS) is 20.3. The molecule has 0 radical (unpaired) electrons. The van der Waals surface area contributed by atoms with E-state index in [0.717, 1.165) is 17.7 Å². The molecular weight excluding hydrogens is 212 g/mol. The Hall–Kier alpha value is -1.35. The van der Waals surface area contributed by atoms with Crippen LogP contribution in [0.25, 0.3) is 0 Å². The van der Waals surface area contributed by atoms with Crippen LogP contribution in [0.4, 0.5) is 5.69 Å². The zero-order chi connectivity index (χ0) is 10.8. The van der Waals surface area contributed by atoms with Gasteiger partial charge in [-0.25, -0.2) is 0 Å². The van der Waals surface area contributed by atoms with Crippen molar-refractivity contribution in [3.63, 3.8) is 0 Å². The van der Waals surface area contributed by atoms with Gasteiger partial charge >= 0.3 is 0 Å². The fourth-order valence-corrected chi connectivity index (χ4v) is 1.89. The number of hydrogen-bond acceptors (Lipinski definition) is 3. The van der Waals surface area contributed by atoms with Gasteiger partial charge in [0.25, 0.3) is 0 Å². The second-order valence-electron chi connectivity index (χ2n) is 3.54. The number of benzene rings is 1. The Morgan fingerprint density at radius 2 is 2.27 bits per heavy atom. The standard InChI is InChI=1S/C11H11ClN2O/c1-8-6-9(7-15)14(13-8)11-5-3-2-4-10(11)12/h2-5,7,9H,6H2,1H3. The van der Waals surface area contributed by atoms with E-state index in [-0.39, 0.29) is 6.04 Å². The van der Waals surface area contributed by atoms with Gasteiger partial charge < -0.3 is 4.79 Å². The predicted octanol–water partition coefficient (Wildman–Crippen LogP) is 2.49. The molecule has 1 aromatic carbocycles. The molecule has 0 spiro atoms. The zero-order valence-electron chi connectivity index (χ0n) is 8.35. The molecule has 1 aliphatic rings. The van der Waals surface area contributed by atoms with Gasteiger partial charge in [0.1, 0.15) is 12.3 Å². The summed E-state index contributed by atoms with van der Waals surface area (Å²) in [4.78, 5) is 10.9. The largest absolute Gasteiger partial charge is 0.301 e. The van der Waals surface area contributed by atoms with Crippen LogP contribution >= 0.6 is 11.6 Å². The molecule has 0 amide bonds. The molecule has 3 nitrogen and oxygen atoms in total. The number of para-hydroxylation sites is 1. The highest BCUT2D eigenvalue weighted by Gasteiger charge is 2.26. The van der Waals surface area contributed by atoms with Crippen LogP contribution < -0.4 is 5.01 Å². The summed E-state index contributed by atoms with van der Waals surface area (Å²) in [6.07, 6.45) is 1.58. The summed E-state index contributed by atoms with van der Waals surface area (Å²) in [7, 11) is 0. The maximum atomic E-state index is 10.9. The first-order valence-corrected chi connectivity index (χ1v) is 5.13. The van der Waals surface area contributed by atoms with E-state index in [1.807, 2.05) is 25.1 Å². The molecule has 0 saturated heterocycles. The molecular formula is C11H11ClN2O. The van der Waals surface area contributed by atoms with Crippen LogP contribution in [0, 0.1) is 0 Å². The van der Waals surface area contributed by atoms with Crippen LogP contribution in [0.3, 0.4) is 0 Å². The van der Waals surface area contributed by atoms with E-state index in [9.17, 15) is 4.79 Å². The van der Waals surface area contributed by atoms with Crippen LogP contribution in [0.15, 0.2) is 29.4 Å². The molecule has 0 bridgehead atoms. The van der Waals surface area contributed by atoms with E-state index in [2.05, 4.69) is 5.10 Å². The van der Waals surface area contributed by atoms with Crippen molar-refractivity contribution in [3.8, 4) is 0 Å². The van der Waals surface area contributed by atoms with Crippen molar-refractivity contribution in [2.24, 2.45) is 5.10 Å². The summed E-state index contributed by atoms with van der Waals surface area (Å²) in [6, 6.07) is 7.17. The van der Waals surface area contributed by atoms with Crippen molar-refractivity contribution in [2.45, 2.75) is 19.4 Å². The van der Waals surface area contributed by atoms with Gasteiger partial charge in [-0.3, -0.25) is 5.01 Å². The number of anilines is 1. The van der Waals surface area contributed by atoms with Crippen molar-refractivity contribution in [3.05, 3.63) is 29.3 Å². The molecule has 0 saturated carbocycles. The van der Waals surface area contributed by atoms with Gasteiger partial charge in [-0.1, -0.05) is 23.7 Å². The molecule has 1 aliphatic heterocycles. The van der Waals surface area contributed by atoms with Crippen molar-refractivity contribution < 1.29 is 4.79 Å². The fourth-order valence-electron chi connectivity index (χ4n) is 1.66. The van der Waals surface area contributed by atoms with Crippen LogP contribution in [0.1, 0.15) is 13.3 Å². The Morgan fingerprint density at radius 1 is 1.53 bits per heavy atom. The highest BCUT2D eigenvalue weighted by molar-refractivity contribution is 6.33. The Morgan fingerprint density at radius 3 is 2.93 bits per heavy atom. The topological polar surface area (TPSA) is 32.7 Å². The summed E-state index contributed by atoms with van der Waals surface area (Å²) in [5.74, 6) is 0. The first kappa shape index (κ1) is 10.2. The second-order valence-corrected chi connectivity index (χ2v) is 3.95. The lowest BCUT2D eigenvalue weighted by Gasteiger charge is -2.19. The van der Waals surface area contributed by atoms with E-state index in [4.69, 9.17) is 11.6 Å². The Labute approximate surface area is 93.3 Å². The second kappa shape index (κ2) is 4.03. The molecule has 1 heterocycles. The van der Waals surface area contributed by atoms with E-state index < -0.39 is 0 Å². The first-order valence-electron chi connectivity index (χ1n) is 4.75. The van der Waals surface area contributed by atoms with Gasteiger partial charge in [0.05, 0.1) is 10.7 Å². The van der Waals surface area contributed by atoms with Crippen molar-refractivity contribution in [1.82, 2.24) is 0 Å². The van der Waals surface area contributed by atoms with Crippen LogP contribution in [-0.2, 0) is 4.79 Å². The van der Waals surface area contributed by atoms with Gasteiger partial charge in [-0.15, -0.1) is 0 Å². The fraction of sp³-hybridized carbons (Fsp3) is 0.273. The maximum absolute atomic E-state index is 10.9. The summed E-state index contributed by atoms with van der Waals surface area (Å²) in [5, 5.41) is 6.60. The SMILES string of the molecule is CC1=NN(c2ccccc2Cl)C(C=O)C1. The van der Waals surface area contributed by atoms with E-state index in [1.54, 1.807) is 11.1 Å². The summed E-state index contributed by atoms with van der Waals surface area (Å²) >= 11 is 6.05. The highest BCUT2D eigenvalue weighted by atomic mass is 35.5. The minimum absolute atomic E-state index is 0.218. The zero-order valence-corrected chi connectivity index (χ0v) is 9.11. The minimum Gasteiger partial charge on any atom is -0.301 e. The third-order valence-corrected chi connectivity index (χ3v) is 2.67. The number of nitrogens with zero attached hydrogens (tertiary/aromatic N) is 2. The minimum atomic E-state index is -0.218. The Kier molecular flexibility index (Phi) is 2.73. The third kappa shape index (κ3) is 1.88. The smallest absolute Gasteiger partial charge is 0.144 e. The van der Waals surface area contributed by atoms with Crippen molar-refractivity contribution in [1.29, 1.82) is 0 Å².